The summed E-state index contributed by atoms with van der Waals surface area (Å²) in [5.74, 6) is 3.90. The molecule has 494 valence electrons. The first-order chi connectivity index (χ1) is 52.1. The molecule has 7 aromatic heterocycles. The molecule has 0 saturated carbocycles. The zero-order valence-electron chi connectivity index (χ0n) is 56.6. The standard InChI is InChI=1S/C49H33N5.C45H28N4S2/c1-6-17-34(18-7-1)37-29-30-43-41(33-37)46-40(27-16-28-44(46)53(43)38-23-12-4-13-24-38)42-31-32-45(54(42)39-25-14-5-15-26-39)49-51-47(35-19-8-2-9-20-35)50-48(52-49)36-21-10-3-11-22-36;1-5-14-29(15-6-1)32-24-25-36-35(26-32)42-34(22-13-23-37(42)49(36)33-20-11-4-12-21-33)38-27-39-40(50-38)28-41(51-39)45-47-43(30-16-7-2-8-17-30)46-44(48-45)31-18-9-3-10-19-31/h1-33H;1-28H. The number of benzene rings is 13. The molecule has 0 unspecified atom stereocenters. The number of rotatable bonds is 13. The van der Waals surface area contributed by atoms with Crippen molar-refractivity contribution in [3.63, 3.8) is 0 Å². The molecule has 0 spiro atoms. The topological polar surface area (TPSA) is 92.1 Å². The average molecular weight is 1380 g/mol. The number of thiophene rings is 2. The molecule has 0 saturated heterocycles. The van der Waals surface area contributed by atoms with Crippen molar-refractivity contribution in [3.8, 4) is 129 Å². The zero-order valence-corrected chi connectivity index (χ0v) is 58.2. The fraction of sp³-hybridized carbons (Fsp3) is 0. The molecule has 0 radical (unpaired) electrons. The van der Waals surface area contributed by atoms with Crippen LogP contribution in [0.5, 0.6) is 0 Å². The van der Waals surface area contributed by atoms with Crippen molar-refractivity contribution < 1.29 is 0 Å². The molecule has 7 heterocycles. The number of aromatic nitrogens is 9. The lowest BCUT2D eigenvalue weighted by molar-refractivity contribution is 1.02. The van der Waals surface area contributed by atoms with E-state index in [4.69, 9.17) is 29.9 Å². The number of para-hydroxylation sites is 3. The Bertz CT molecular complexity index is 6390. The van der Waals surface area contributed by atoms with Crippen LogP contribution in [0.3, 0.4) is 0 Å². The third-order valence-electron chi connectivity index (χ3n) is 19.3. The van der Waals surface area contributed by atoms with E-state index >= 15 is 0 Å². The second kappa shape index (κ2) is 27.1. The van der Waals surface area contributed by atoms with Crippen LogP contribution < -0.4 is 0 Å². The smallest absolute Gasteiger partial charge is 0.180 e. The lowest BCUT2D eigenvalue weighted by Crippen LogP contribution is -2.05. The number of hydrogen-bond acceptors (Lipinski definition) is 8. The molecule has 0 aliphatic carbocycles. The van der Waals surface area contributed by atoms with Gasteiger partial charge in [0.25, 0.3) is 0 Å². The summed E-state index contributed by atoms with van der Waals surface area (Å²) in [5, 5.41) is 4.88. The summed E-state index contributed by atoms with van der Waals surface area (Å²) in [6.45, 7) is 0. The van der Waals surface area contributed by atoms with Crippen molar-refractivity contribution in [1.82, 2.24) is 43.6 Å². The van der Waals surface area contributed by atoms with Crippen LogP contribution in [0.25, 0.3) is 182 Å². The minimum Gasteiger partial charge on any atom is -0.309 e. The predicted molar refractivity (Wildman–Crippen MR) is 435 cm³/mol. The molecule has 0 fully saturated rings. The van der Waals surface area contributed by atoms with Crippen molar-refractivity contribution in [2.45, 2.75) is 0 Å². The van der Waals surface area contributed by atoms with E-state index in [0.29, 0.717) is 34.9 Å². The Kier molecular flexibility index (Phi) is 16.1. The van der Waals surface area contributed by atoms with Gasteiger partial charge in [-0.15, -0.1) is 22.7 Å². The molecule has 0 N–H and O–H groups in total. The van der Waals surface area contributed by atoms with Gasteiger partial charge in [-0.25, -0.2) is 29.9 Å². The molecule has 11 heteroatoms. The highest BCUT2D eigenvalue weighted by molar-refractivity contribution is 7.31. The van der Waals surface area contributed by atoms with Gasteiger partial charge in [0.1, 0.15) is 0 Å². The van der Waals surface area contributed by atoms with Gasteiger partial charge in [0, 0.05) is 86.3 Å². The molecule has 20 rings (SSSR count). The van der Waals surface area contributed by atoms with Crippen molar-refractivity contribution in [3.05, 3.63) is 370 Å². The molecular formula is C94H61N9S2. The van der Waals surface area contributed by atoms with E-state index in [-0.39, 0.29) is 0 Å². The zero-order chi connectivity index (χ0) is 69.6. The van der Waals surface area contributed by atoms with Gasteiger partial charge in [0.05, 0.1) is 38.3 Å². The van der Waals surface area contributed by atoms with Gasteiger partial charge in [-0.2, -0.15) is 0 Å². The minimum absolute atomic E-state index is 0.600. The quantitative estimate of drug-likeness (QED) is 0.114. The van der Waals surface area contributed by atoms with E-state index in [2.05, 4.69) is 262 Å². The minimum atomic E-state index is 0.600. The molecule has 0 aliphatic rings. The Hall–Kier alpha value is -13.6. The summed E-state index contributed by atoms with van der Waals surface area (Å²) in [6.07, 6.45) is 0. The molecule has 0 aliphatic heterocycles. The van der Waals surface area contributed by atoms with E-state index < -0.39 is 0 Å². The molecule has 9 nitrogen and oxygen atoms in total. The first-order valence-corrected chi connectivity index (χ1v) is 36.6. The fourth-order valence-corrected chi connectivity index (χ4v) is 16.8. The van der Waals surface area contributed by atoms with Crippen molar-refractivity contribution in [2.75, 3.05) is 0 Å². The summed E-state index contributed by atoms with van der Waals surface area (Å²) in [6, 6.07) is 130. The Morgan fingerprint density at radius 1 is 0.200 bits per heavy atom. The molecule has 20 aromatic rings. The van der Waals surface area contributed by atoms with E-state index in [1.807, 2.05) is 133 Å². The second-order valence-corrected chi connectivity index (χ2v) is 27.9. The number of fused-ring (bicyclic) bond motifs is 7. The van der Waals surface area contributed by atoms with Crippen LogP contribution in [-0.4, -0.2) is 43.6 Å². The monoisotopic (exact) mass is 1380 g/mol. The Balaban J connectivity index is 0.000000144. The van der Waals surface area contributed by atoms with Crippen molar-refractivity contribution in [1.29, 1.82) is 0 Å². The predicted octanol–water partition coefficient (Wildman–Crippen LogP) is 24.7. The number of nitrogens with zero attached hydrogens (tertiary/aromatic N) is 9. The van der Waals surface area contributed by atoms with Crippen LogP contribution in [0.15, 0.2) is 370 Å². The maximum Gasteiger partial charge on any atom is 0.180 e. The molecule has 0 bridgehead atoms. The highest BCUT2D eigenvalue weighted by Crippen LogP contribution is 2.48. The van der Waals surface area contributed by atoms with Crippen molar-refractivity contribution in [2.24, 2.45) is 0 Å². The third kappa shape index (κ3) is 11.7. The first-order valence-electron chi connectivity index (χ1n) is 35.0. The molecule has 0 amide bonds. The van der Waals surface area contributed by atoms with Crippen LogP contribution in [-0.2, 0) is 0 Å². The Morgan fingerprint density at radius 2 is 0.524 bits per heavy atom. The highest BCUT2D eigenvalue weighted by atomic mass is 32.1. The summed E-state index contributed by atoms with van der Waals surface area (Å²) < 4.78 is 9.51. The van der Waals surface area contributed by atoms with Crippen LogP contribution in [0.1, 0.15) is 0 Å². The van der Waals surface area contributed by atoms with Gasteiger partial charge < -0.3 is 13.7 Å². The lowest BCUT2D eigenvalue weighted by Gasteiger charge is -2.16. The lowest BCUT2D eigenvalue weighted by atomic mass is 9.99. The van der Waals surface area contributed by atoms with E-state index in [1.54, 1.807) is 11.3 Å². The van der Waals surface area contributed by atoms with Gasteiger partial charge >= 0.3 is 0 Å². The summed E-state index contributed by atoms with van der Waals surface area (Å²) in [7, 11) is 0. The van der Waals surface area contributed by atoms with Gasteiger partial charge in [-0.1, -0.05) is 273 Å². The van der Waals surface area contributed by atoms with Gasteiger partial charge in [-0.3, -0.25) is 0 Å². The van der Waals surface area contributed by atoms with Crippen LogP contribution in [0.4, 0.5) is 0 Å². The van der Waals surface area contributed by atoms with Crippen LogP contribution in [0.2, 0.25) is 0 Å². The second-order valence-electron chi connectivity index (χ2n) is 25.7. The normalized spacial score (nSPS) is 11.4. The van der Waals surface area contributed by atoms with Crippen LogP contribution in [0, 0.1) is 0 Å². The Labute approximate surface area is 614 Å². The summed E-state index contributed by atoms with van der Waals surface area (Å²) >= 11 is 3.56. The van der Waals surface area contributed by atoms with Gasteiger partial charge in [-0.05, 0) is 119 Å². The average Bonchev–Trinajstić information content (AvgIpc) is 1.57. The van der Waals surface area contributed by atoms with Crippen LogP contribution >= 0.6 is 22.7 Å². The van der Waals surface area contributed by atoms with E-state index in [0.717, 1.165) is 72.2 Å². The molecule has 0 atom stereocenters. The molecular weight excluding hydrogens is 1320 g/mol. The van der Waals surface area contributed by atoms with E-state index in [9.17, 15) is 0 Å². The largest absolute Gasteiger partial charge is 0.309 e. The Morgan fingerprint density at radius 3 is 0.943 bits per heavy atom. The maximum atomic E-state index is 5.15. The fourth-order valence-electron chi connectivity index (χ4n) is 14.5. The summed E-state index contributed by atoms with van der Waals surface area (Å²) in [5.41, 5.74) is 20.9. The highest BCUT2D eigenvalue weighted by Gasteiger charge is 2.25. The third-order valence-corrected chi connectivity index (χ3v) is 21.6. The van der Waals surface area contributed by atoms with E-state index in [1.165, 1.54) is 74.7 Å². The molecule has 105 heavy (non-hydrogen) atoms. The first kappa shape index (κ1) is 62.4. The van der Waals surface area contributed by atoms with Gasteiger partial charge in [0.2, 0.25) is 0 Å². The number of hydrogen-bond donors (Lipinski definition) is 0. The SMILES string of the molecule is c1ccc(-c2ccc3c(c2)c2c(-c4cc5sc(-c6nc(-c7ccccc7)nc(-c7ccccc7)n6)cc5s4)cccc2n3-c2ccccc2)cc1.c1ccc(-c2ccc3c(c2)c2c(-c4ccc(-c5nc(-c6ccccc6)nc(-c6ccccc6)n5)n4-c4ccccc4)cccc2n3-c2ccccc2)cc1. The molecule has 13 aromatic carbocycles. The maximum absolute atomic E-state index is 5.15. The summed E-state index contributed by atoms with van der Waals surface area (Å²) in [4.78, 5) is 32.4. The van der Waals surface area contributed by atoms with Crippen molar-refractivity contribution >= 4 is 75.7 Å². The van der Waals surface area contributed by atoms with Gasteiger partial charge in [0.15, 0.2) is 34.9 Å².